The second-order valence-electron chi connectivity index (χ2n) is 6.83. The average Bonchev–Trinajstić information content (AvgIpc) is 2.77. The van der Waals surface area contributed by atoms with Crippen molar-refractivity contribution in [3.63, 3.8) is 0 Å². The van der Waals surface area contributed by atoms with Crippen molar-refractivity contribution in [3.05, 3.63) is 0 Å². The molecule has 0 bridgehead atoms. The first-order valence-electron chi connectivity index (χ1n) is 7.65. The molecule has 21 heavy (non-hydrogen) atoms. The smallest absolute Gasteiger partial charge is 0.324 e. The van der Waals surface area contributed by atoms with E-state index in [-0.39, 0.29) is 12.1 Å². The van der Waals surface area contributed by atoms with Gasteiger partial charge in [-0.05, 0) is 46.0 Å². The zero-order chi connectivity index (χ0) is 15.7. The first kappa shape index (κ1) is 15.8. The predicted octanol–water partition coefficient (Wildman–Crippen LogP) is 2.73. The van der Waals surface area contributed by atoms with Crippen molar-refractivity contribution in [2.24, 2.45) is 11.3 Å². The lowest BCUT2D eigenvalue weighted by Gasteiger charge is -2.36. The number of ether oxygens (including phenoxy) is 2. The number of hydrogen-bond acceptors (Lipinski definition) is 5. The summed E-state index contributed by atoms with van der Waals surface area (Å²) in [5.41, 5.74) is -0.957. The van der Waals surface area contributed by atoms with Crippen molar-refractivity contribution >= 4 is 11.9 Å². The standard InChI is InChI=1S/C16H23NO4/c1-4-15(2,3)14(19)20-12-5-7-16(8-6-12)9-11(10-17)13(18)21-16/h11-12H,4-9H2,1-3H3. The third kappa shape index (κ3) is 3.20. The Labute approximate surface area is 125 Å². The Hall–Kier alpha value is -1.57. The molecule has 1 saturated heterocycles. The summed E-state index contributed by atoms with van der Waals surface area (Å²) in [6.07, 6.45) is 3.83. The van der Waals surface area contributed by atoms with Crippen molar-refractivity contribution in [2.75, 3.05) is 0 Å². The van der Waals surface area contributed by atoms with E-state index in [2.05, 4.69) is 0 Å². The molecule has 0 aromatic rings. The molecule has 2 fully saturated rings. The summed E-state index contributed by atoms with van der Waals surface area (Å²) in [4.78, 5) is 23.7. The van der Waals surface area contributed by atoms with Gasteiger partial charge in [0.25, 0.3) is 0 Å². The second kappa shape index (κ2) is 5.67. The van der Waals surface area contributed by atoms with E-state index in [0.717, 1.165) is 6.42 Å². The van der Waals surface area contributed by atoms with Gasteiger partial charge in [0, 0.05) is 6.42 Å². The zero-order valence-electron chi connectivity index (χ0n) is 13.0. The Morgan fingerprint density at radius 2 is 2.10 bits per heavy atom. The van der Waals surface area contributed by atoms with E-state index in [0.29, 0.717) is 32.1 Å². The molecular formula is C16H23NO4. The quantitative estimate of drug-likeness (QED) is 0.748. The van der Waals surface area contributed by atoms with Gasteiger partial charge in [0.1, 0.15) is 17.6 Å². The summed E-state index contributed by atoms with van der Waals surface area (Å²) < 4.78 is 11.0. The van der Waals surface area contributed by atoms with Crippen molar-refractivity contribution in [1.82, 2.24) is 0 Å². The van der Waals surface area contributed by atoms with Crippen LogP contribution < -0.4 is 0 Å². The lowest BCUT2D eigenvalue weighted by molar-refractivity contribution is -0.167. The maximum Gasteiger partial charge on any atom is 0.324 e. The number of nitriles is 1. The maximum absolute atomic E-state index is 12.1. The van der Waals surface area contributed by atoms with Crippen LogP contribution in [-0.2, 0) is 19.1 Å². The summed E-state index contributed by atoms with van der Waals surface area (Å²) >= 11 is 0. The third-order valence-electron chi connectivity index (χ3n) is 4.89. The van der Waals surface area contributed by atoms with Gasteiger partial charge in [-0.3, -0.25) is 9.59 Å². The van der Waals surface area contributed by atoms with Crippen molar-refractivity contribution in [2.45, 2.75) is 71.0 Å². The van der Waals surface area contributed by atoms with Crippen LogP contribution in [0.5, 0.6) is 0 Å². The average molecular weight is 293 g/mol. The van der Waals surface area contributed by atoms with Crippen molar-refractivity contribution in [3.8, 4) is 6.07 Å². The second-order valence-corrected chi connectivity index (χ2v) is 6.83. The molecule has 2 rings (SSSR count). The molecule has 1 aliphatic carbocycles. The molecule has 0 amide bonds. The molecule has 116 valence electrons. The van der Waals surface area contributed by atoms with Crippen LogP contribution in [0.15, 0.2) is 0 Å². The zero-order valence-corrected chi connectivity index (χ0v) is 13.0. The molecule has 1 heterocycles. The van der Waals surface area contributed by atoms with Crippen LogP contribution >= 0.6 is 0 Å². The highest BCUT2D eigenvalue weighted by Crippen LogP contribution is 2.43. The van der Waals surface area contributed by atoms with Crippen LogP contribution in [0.4, 0.5) is 0 Å². The Morgan fingerprint density at radius 3 is 2.57 bits per heavy atom. The Balaban J connectivity index is 1.89. The van der Waals surface area contributed by atoms with E-state index in [1.165, 1.54) is 0 Å². The normalized spacial score (nSPS) is 32.6. The number of carbonyl (C=O) groups is 2. The van der Waals surface area contributed by atoms with Gasteiger partial charge >= 0.3 is 11.9 Å². The Morgan fingerprint density at radius 1 is 1.48 bits per heavy atom. The minimum Gasteiger partial charge on any atom is -0.462 e. The molecule has 1 aliphatic heterocycles. The van der Waals surface area contributed by atoms with Gasteiger partial charge < -0.3 is 9.47 Å². The molecule has 5 heteroatoms. The van der Waals surface area contributed by atoms with Crippen LogP contribution in [0.3, 0.4) is 0 Å². The van der Waals surface area contributed by atoms with E-state index < -0.39 is 22.9 Å². The van der Waals surface area contributed by atoms with E-state index in [1.807, 2.05) is 26.8 Å². The highest BCUT2D eigenvalue weighted by molar-refractivity contribution is 5.78. The number of esters is 2. The van der Waals surface area contributed by atoms with Gasteiger partial charge in [0.2, 0.25) is 0 Å². The number of rotatable bonds is 3. The summed E-state index contributed by atoms with van der Waals surface area (Å²) in [7, 11) is 0. The van der Waals surface area contributed by atoms with E-state index in [4.69, 9.17) is 14.7 Å². The third-order valence-corrected chi connectivity index (χ3v) is 4.89. The first-order chi connectivity index (χ1) is 9.82. The highest BCUT2D eigenvalue weighted by Gasteiger charge is 2.49. The van der Waals surface area contributed by atoms with Crippen molar-refractivity contribution < 1.29 is 19.1 Å². The number of nitrogens with zero attached hydrogens (tertiary/aromatic N) is 1. The molecule has 2 aliphatic rings. The lowest BCUT2D eigenvalue weighted by Crippen LogP contribution is -2.39. The summed E-state index contributed by atoms with van der Waals surface area (Å²) in [5, 5.41) is 8.92. The number of carbonyl (C=O) groups excluding carboxylic acids is 2. The van der Waals surface area contributed by atoms with Gasteiger partial charge in [-0.25, -0.2) is 0 Å². The van der Waals surface area contributed by atoms with Crippen LogP contribution in [-0.4, -0.2) is 23.6 Å². The van der Waals surface area contributed by atoms with Gasteiger partial charge in [0.05, 0.1) is 11.5 Å². The fourth-order valence-corrected chi connectivity index (χ4v) is 2.88. The molecule has 1 atom stereocenters. The summed E-state index contributed by atoms with van der Waals surface area (Å²) in [5.74, 6) is -1.20. The van der Waals surface area contributed by atoms with Gasteiger partial charge in [-0.1, -0.05) is 6.92 Å². The minimum absolute atomic E-state index is 0.103. The van der Waals surface area contributed by atoms with Crippen molar-refractivity contribution in [1.29, 1.82) is 5.26 Å². The van der Waals surface area contributed by atoms with E-state index in [1.54, 1.807) is 0 Å². The molecule has 0 aromatic carbocycles. The largest absolute Gasteiger partial charge is 0.462 e. The fraction of sp³-hybridized carbons (Fsp3) is 0.812. The molecule has 0 aromatic heterocycles. The fourth-order valence-electron chi connectivity index (χ4n) is 2.88. The SMILES string of the molecule is CCC(C)(C)C(=O)OC1CCC2(CC1)CC(C#N)C(=O)O2. The van der Waals surface area contributed by atoms with Gasteiger partial charge in [0.15, 0.2) is 0 Å². The molecule has 0 N–H and O–H groups in total. The Kier molecular flexibility index (Phi) is 4.27. The molecule has 1 saturated carbocycles. The predicted molar refractivity (Wildman–Crippen MR) is 75.0 cm³/mol. The minimum atomic E-state index is -0.636. The Bertz CT molecular complexity index is 469. The monoisotopic (exact) mass is 293 g/mol. The van der Waals surface area contributed by atoms with Crippen LogP contribution in [0.1, 0.15) is 59.3 Å². The van der Waals surface area contributed by atoms with Crippen LogP contribution in [0, 0.1) is 22.7 Å². The molecule has 1 unspecified atom stereocenters. The van der Waals surface area contributed by atoms with Crippen LogP contribution in [0.25, 0.3) is 0 Å². The van der Waals surface area contributed by atoms with Gasteiger partial charge in [-0.15, -0.1) is 0 Å². The summed E-state index contributed by atoms with van der Waals surface area (Å²) in [6.45, 7) is 5.74. The first-order valence-corrected chi connectivity index (χ1v) is 7.65. The van der Waals surface area contributed by atoms with E-state index >= 15 is 0 Å². The van der Waals surface area contributed by atoms with E-state index in [9.17, 15) is 9.59 Å². The highest BCUT2D eigenvalue weighted by atomic mass is 16.6. The maximum atomic E-state index is 12.1. The molecular weight excluding hydrogens is 270 g/mol. The molecule has 5 nitrogen and oxygen atoms in total. The number of hydrogen-bond donors (Lipinski definition) is 0. The topological polar surface area (TPSA) is 76.4 Å². The molecule has 1 spiro atoms. The van der Waals surface area contributed by atoms with Crippen LogP contribution in [0.2, 0.25) is 0 Å². The molecule has 0 radical (unpaired) electrons. The van der Waals surface area contributed by atoms with Gasteiger partial charge in [-0.2, -0.15) is 5.26 Å². The summed E-state index contributed by atoms with van der Waals surface area (Å²) in [6, 6.07) is 2.00. The lowest BCUT2D eigenvalue weighted by atomic mass is 9.79.